The van der Waals surface area contributed by atoms with Crippen molar-refractivity contribution in [2.75, 3.05) is 20.3 Å². The van der Waals surface area contributed by atoms with E-state index in [1.165, 1.54) is 10.7 Å². The summed E-state index contributed by atoms with van der Waals surface area (Å²) in [5.41, 5.74) is -0.417. The van der Waals surface area contributed by atoms with Crippen LogP contribution in [-0.2, 0) is 17.5 Å². The fraction of sp³-hybridized carbons (Fsp3) is 0.375. The number of hydrogen-bond donors (Lipinski definition) is 0. The maximum absolute atomic E-state index is 13.5. The van der Waals surface area contributed by atoms with E-state index in [4.69, 9.17) is 18.9 Å². The quantitative estimate of drug-likeness (QED) is 0.364. The van der Waals surface area contributed by atoms with Crippen LogP contribution in [0.4, 0.5) is 13.2 Å². The number of hydrogen-bond acceptors (Lipinski definition) is 7. The molecule has 1 aromatic heterocycles. The van der Waals surface area contributed by atoms with E-state index >= 15 is 0 Å². The van der Waals surface area contributed by atoms with Crippen LogP contribution in [0.2, 0.25) is 0 Å². The summed E-state index contributed by atoms with van der Waals surface area (Å²) < 4.78 is 63.5. The first-order valence-corrected chi connectivity index (χ1v) is 11.0. The number of ether oxygens (including phenoxy) is 4. The van der Waals surface area contributed by atoms with Crippen molar-refractivity contribution in [2.45, 2.75) is 32.5 Å². The summed E-state index contributed by atoms with van der Waals surface area (Å²) in [7, 11) is 1.54. The number of methoxy groups -OCH3 is 1. The number of carbonyl (C=O) groups excluding carboxylic acids is 1. The number of benzene rings is 2. The van der Waals surface area contributed by atoms with Gasteiger partial charge in [-0.2, -0.15) is 13.2 Å². The average Bonchev–Trinajstić information content (AvgIpc) is 3.59. The molecule has 2 aromatic carbocycles. The third-order valence-corrected chi connectivity index (χ3v) is 5.25. The third-order valence-electron chi connectivity index (χ3n) is 5.25. The SMILES string of the molecule is CCOC(=O)c1nnn(Cc2ccc(OC)cc2)c1Oc1cc(OCC2CC2)cc(C(F)(F)F)c1. The van der Waals surface area contributed by atoms with Gasteiger partial charge in [0, 0.05) is 6.07 Å². The van der Waals surface area contributed by atoms with Crippen LogP contribution in [-0.4, -0.2) is 41.3 Å². The van der Waals surface area contributed by atoms with Crippen LogP contribution in [0.3, 0.4) is 0 Å². The molecule has 1 heterocycles. The molecule has 1 fully saturated rings. The highest BCUT2D eigenvalue weighted by atomic mass is 19.4. The van der Waals surface area contributed by atoms with Gasteiger partial charge < -0.3 is 18.9 Å². The summed E-state index contributed by atoms with van der Waals surface area (Å²) >= 11 is 0. The zero-order valence-electron chi connectivity index (χ0n) is 19.2. The number of rotatable bonds is 10. The molecule has 8 nitrogen and oxygen atoms in total. The van der Waals surface area contributed by atoms with Gasteiger partial charge in [0.2, 0.25) is 5.69 Å². The Hall–Kier alpha value is -3.76. The van der Waals surface area contributed by atoms with Gasteiger partial charge in [-0.05, 0) is 55.5 Å². The Labute approximate surface area is 199 Å². The molecule has 1 saturated carbocycles. The lowest BCUT2D eigenvalue weighted by Crippen LogP contribution is -2.10. The molecule has 0 N–H and O–H groups in total. The van der Waals surface area contributed by atoms with Crippen molar-refractivity contribution in [3.05, 3.63) is 59.3 Å². The summed E-state index contributed by atoms with van der Waals surface area (Å²) in [5.74, 6) is -0.103. The molecule has 0 aliphatic heterocycles. The largest absolute Gasteiger partial charge is 0.497 e. The van der Waals surface area contributed by atoms with E-state index in [9.17, 15) is 18.0 Å². The number of halogens is 3. The van der Waals surface area contributed by atoms with Crippen molar-refractivity contribution >= 4 is 5.97 Å². The van der Waals surface area contributed by atoms with Crippen molar-refractivity contribution in [2.24, 2.45) is 5.92 Å². The first kappa shape index (κ1) is 24.4. The number of nitrogens with zero attached hydrogens (tertiary/aromatic N) is 3. The van der Waals surface area contributed by atoms with Crippen LogP contribution in [0.25, 0.3) is 0 Å². The van der Waals surface area contributed by atoms with Gasteiger partial charge in [-0.25, -0.2) is 9.48 Å². The Balaban J connectivity index is 1.67. The molecule has 35 heavy (non-hydrogen) atoms. The maximum Gasteiger partial charge on any atom is 0.416 e. The summed E-state index contributed by atoms with van der Waals surface area (Å²) in [5, 5.41) is 7.83. The molecule has 0 amide bonds. The van der Waals surface area contributed by atoms with Crippen molar-refractivity contribution in [1.82, 2.24) is 15.0 Å². The second kappa shape index (κ2) is 10.2. The summed E-state index contributed by atoms with van der Waals surface area (Å²) in [4.78, 5) is 12.4. The molecule has 0 saturated heterocycles. The molecule has 0 bridgehead atoms. The lowest BCUT2D eigenvalue weighted by Gasteiger charge is -2.15. The Bertz CT molecular complexity index is 1170. The van der Waals surface area contributed by atoms with Crippen molar-refractivity contribution < 1.29 is 36.9 Å². The standard InChI is InChI=1S/C24H24F3N3O5/c1-3-33-23(31)21-22(30(29-28-21)13-15-6-8-18(32-2)9-7-15)35-20-11-17(24(25,26)27)10-19(12-20)34-14-16-4-5-16/h6-12,16H,3-5,13-14H2,1-2H3. The van der Waals surface area contributed by atoms with Crippen LogP contribution in [0.1, 0.15) is 41.4 Å². The highest BCUT2D eigenvalue weighted by Gasteiger charge is 2.33. The maximum atomic E-state index is 13.5. The number of alkyl halides is 3. The number of esters is 1. The zero-order chi connectivity index (χ0) is 25.0. The second-order valence-electron chi connectivity index (χ2n) is 8.02. The van der Waals surface area contributed by atoms with E-state index in [0.29, 0.717) is 18.3 Å². The minimum Gasteiger partial charge on any atom is -0.497 e. The molecular weight excluding hydrogens is 467 g/mol. The van der Waals surface area contributed by atoms with E-state index in [-0.39, 0.29) is 36.2 Å². The molecule has 4 rings (SSSR count). The van der Waals surface area contributed by atoms with Crippen molar-refractivity contribution in [3.8, 4) is 23.1 Å². The van der Waals surface area contributed by atoms with Gasteiger partial charge in [-0.15, -0.1) is 5.10 Å². The van der Waals surface area contributed by atoms with Crippen LogP contribution in [0.5, 0.6) is 23.1 Å². The average molecular weight is 491 g/mol. The molecule has 186 valence electrons. The van der Waals surface area contributed by atoms with E-state index in [0.717, 1.165) is 30.5 Å². The molecule has 0 spiro atoms. The predicted molar refractivity (Wildman–Crippen MR) is 118 cm³/mol. The van der Waals surface area contributed by atoms with E-state index in [1.54, 1.807) is 38.3 Å². The first-order chi connectivity index (χ1) is 16.8. The van der Waals surface area contributed by atoms with Crippen molar-refractivity contribution in [1.29, 1.82) is 0 Å². The molecule has 0 radical (unpaired) electrons. The highest BCUT2D eigenvalue weighted by molar-refractivity contribution is 5.89. The van der Waals surface area contributed by atoms with Gasteiger partial charge in [0.05, 0.1) is 32.4 Å². The molecular formula is C24H24F3N3O5. The normalized spacial score (nSPS) is 13.4. The fourth-order valence-electron chi connectivity index (χ4n) is 3.23. The van der Waals surface area contributed by atoms with Gasteiger partial charge in [-0.3, -0.25) is 0 Å². The summed E-state index contributed by atoms with van der Waals surface area (Å²) in [6.45, 7) is 2.16. The fourth-order valence-corrected chi connectivity index (χ4v) is 3.23. The van der Waals surface area contributed by atoms with Crippen LogP contribution in [0.15, 0.2) is 42.5 Å². The van der Waals surface area contributed by atoms with Gasteiger partial charge >= 0.3 is 12.1 Å². The van der Waals surface area contributed by atoms with Gasteiger partial charge in [0.1, 0.15) is 17.2 Å². The monoisotopic (exact) mass is 491 g/mol. The smallest absolute Gasteiger partial charge is 0.416 e. The lowest BCUT2D eigenvalue weighted by molar-refractivity contribution is -0.137. The first-order valence-electron chi connectivity index (χ1n) is 11.0. The Kier molecular flexibility index (Phi) is 7.13. The van der Waals surface area contributed by atoms with E-state index in [2.05, 4.69) is 10.3 Å². The molecule has 0 unspecified atom stereocenters. The molecule has 3 aromatic rings. The minimum atomic E-state index is -4.62. The summed E-state index contributed by atoms with van der Waals surface area (Å²) in [6, 6.07) is 10.2. The summed E-state index contributed by atoms with van der Waals surface area (Å²) in [6.07, 6.45) is -2.65. The highest BCUT2D eigenvalue weighted by Crippen LogP contribution is 2.38. The molecule has 1 aliphatic carbocycles. The third kappa shape index (κ3) is 6.23. The zero-order valence-corrected chi connectivity index (χ0v) is 19.2. The van der Waals surface area contributed by atoms with Gasteiger partial charge in [-0.1, -0.05) is 17.3 Å². The lowest BCUT2D eigenvalue weighted by atomic mass is 10.2. The van der Waals surface area contributed by atoms with E-state index < -0.39 is 17.7 Å². The Morgan fingerprint density at radius 2 is 1.80 bits per heavy atom. The van der Waals surface area contributed by atoms with E-state index in [1.807, 2.05) is 0 Å². The molecule has 11 heteroatoms. The number of carbonyl (C=O) groups is 1. The Morgan fingerprint density at radius 1 is 1.09 bits per heavy atom. The predicted octanol–water partition coefficient (Wildman–Crippen LogP) is 5.11. The molecule has 0 atom stereocenters. The topological polar surface area (TPSA) is 84.7 Å². The second-order valence-corrected chi connectivity index (χ2v) is 8.02. The molecule has 1 aliphatic rings. The van der Waals surface area contributed by atoms with Crippen LogP contribution >= 0.6 is 0 Å². The van der Waals surface area contributed by atoms with Gasteiger partial charge in [0.15, 0.2) is 0 Å². The minimum absolute atomic E-state index is 0.0218. The van der Waals surface area contributed by atoms with Gasteiger partial charge in [0.25, 0.3) is 5.88 Å². The Morgan fingerprint density at radius 3 is 2.43 bits per heavy atom. The number of aromatic nitrogens is 3. The van der Waals surface area contributed by atoms with Crippen LogP contribution < -0.4 is 14.2 Å². The van der Waals surface area contributed by atoms with Crippen molar-refractivity contribution in [3.63, 3.8) is 0 Å². The van der Waals surface area contributed by atoms with Crippen LogP contribution in [0, 0.1) is 5.92 Å².